The predicted molar refractivity (Wildman–Crippen MR) is 95.2 cm³/mol. The molecule has 0 radical (unpaired) electrons. The summed E-state index contributed by atoms with van der Waals surface area (Å²) in [5.74, 6) is 0.760. The average Bonchev–Trinajstić information content (AvgIpc) is 2.63. The molecule has 136 valence electrons. The standard InChI is InChI=1S/C20H34N2O2/c21-18(23)15-9-11-17(12-10-15)22-19(24)20(13-5-2-6-14-20)16-7-3-1-4-8-16/h15-17H,1-14H2,(H2,21,23)(H,22,24). The van der Waals surface area contributed by atoms with Gasteiger partial charge < -0.3 is 11.1 Å². The minimum absolute atomic E-state index is 0.0140. The third-order valence-corrected chi connectivity index (χ3v) is 7.05. The number of nitrogens with two attached hydrogens (primary N) is 1. The summed E-state index contributed by atoms with van der Waals surface area (Å²) < 4.78 is 0. The summed E-state index contributed by atoms with van der Waals surface area (Å²) >= 11 is 0. The van der Waals surface area contributed by atoms with E-state index in [0.717, 1.165) is 38.5 Å². The van der Waals surface area contributed by atoms with Crippen molar-refractivity contribution in [2.24, 2.45) is 23.0 Å². The molecule has 3 rings (SSSR count). The minimum atomic E-state index is -0.175. The Labute approximate surface area is 146 Å². The Morgan fingerprint density at radius 1 is 0.792 bits per heavy atom. The lowest BCUT2D eigenvalue weighted by molar-refractivity contribution is -0.139. The van der Waals surface area contributed by atoms with Crippen LogP contribution in [0.4, 0.5) is 0 Å². The molecule has 0 heterocycles. The lowest BCUT2D eigenvalue weighted by Gasteiger charge is -2.45. The molecule has 24 heavy (non-hydrogen) atoms. The maximum absolute atomic E-state index is 13.3. The largest absolute Gasteiger partial charge is 0.369 e. The van der Waals surface area contributed by atoms with Gasteiger partial charge in [-0.1, -0.05) is 38.5 Å². The molecule has 0 atom stereocenters. The van der Waals surface area contributed by atoms with Crippen LogP contribution in [0.3, 0.4) is 0 Å². The van der Waals surface area contributed by atoms with Crippen molar-refractivity contribution >= 4 is 11.8 Å². The van der Waals surface area contributed by atoms with Crippen molar-refractivity contribution in [3.63, 3.8) is 0 Å². The van der Waals surface area contributed by atoms with Crippen LogP contribution in [-0.2, 0) is 9.59 Å². The number of carbonyl (C=O) groups excluding carboxylic acids is 2. The monoisotopic (exact) mass is 334 g/mol. The Kier molecular flexibility index (Phi) is 5.83. The van der Waals surface area contributed by atoms with Gasteiger partial charge in [0.05, 0.1) is 5.41 Å². The Hall–Kier alpha value is -1.06. The average molecular weight is 335 g/mol. The van der Waals surface area contributed by atoms with Crippen molar-refractivity contribution in [2.45, 2.75) is 95.9 Å². The van der Waals surface area contributed by atoms with E-state index in [9.17, 15) is 9.59 Å². The number of hydrogen-bond acceptors (Lipinski definition) is 2. The fraction of sp³-hybridized carbons (Fsp3) is 0.900. The summed E-state index contributed by atoms with van der Waals surface area (Å²) in [6, 6.07) is 0.246. The SMILES string of the molecule is NC(=O)C1CCC(NC(=O)C2(C3CCCCC3)CCCCC2)CC1. The van der Waals surface area contributed by atoms with Crippen molar-refractivity contribution in [3.8, 4) is 0 Å². The summed E-state index contributed by atoms with van der Waals surface area (Å²) in [7, 11) is 0. The number of primary amides is 1. The van der Waals surface area contributed by atoms with Crippen LogP contribution in [0.25, 0.3) is 0 Å². The maximum Gasteiger partial charge on any atom is 0.226 e. The molecule has 4 nitrogen and oxygen atoms in total. The molecule has 3 aliphatic carbocycles. The first-order chi connectivity index (χ1) is 11.6. The first-order valence-electron chi connectivity index (χ1n) is 10.2. The predicted octanol–water partition coefficient (Wildman–Crippen LogP) is 3.68. The molecule has 2 amide bonds. The zero-order valence-corrected chi connectivity index (χ0v) is 15.0. The van der Waals surface area contributed by atoms with Crippen LogP contribution in [-0.4, -0.2) is 17.9 Å². The van der Waals surface area contributed by atoms with E-state index in [4.69, 9.17) is 5.73 Å². The second-order valence-electron chi connectivity index (χ2n) is 8.48. The Morgan fingerprint density at radius 3 is 1.96 bits per heavy atom. The van der Waals surface area contributed by atoms with E-state index in [1.807, 2.05) is 0 Å². The van der Waals surface area contributed by atoms with E-state index in [-0.39, 0.29) is 23.3 Å². The second kappa shape index (κ2) is 7.88. The van der Waals surface area contributed by atoms with Gasteiger partial charge >= 0.3 is 0 Å². The van der Waals surface area contributed by atoms with E-state index < -0.39 is 0 Å². The third-order valence-electron chi connectivity index (χ3n) is 7.05. The third kappa shape index (κ3) is 3.78. The van der Waals surface area contributed by atoms with Gasteiger partial charge in [-0.2, -0.15) is 0 Å². The molecule has 0 bridgehead atoms. The van der Waals surface area contributed by atoms with Gasteiger partial charge in [-0.15, -0.1) is 0 Å². The van der Waals surface area contributed by atoms with Crippen molar-refractivity contribution < 1.29 is 9.59 Å². The molecule has 3 fully saturated rings. The summed E-state index contributed by atoms with van der Waals surface area (Å²) in [4.78, 5) is 24.6. The Balaban J connectivity index is 1.62. The molecule has 0 saturated heterocycles. The fourth-order valence-corrected chi connectivity index (χ4v) is 5.51. The van der Waals surface area contributed by atoms with Gasteiger partial charge in [-0.05, 0) is 57.3 Å². The van der Waals surface area contributed by atoms with Crippen LogP contribution >= 0.6 is 0 Å². The van der Waals surface area contributed by atoms with Gasteiger partial charge in [0, 0.05) is 12.0 Å². The van der Waals surface area contributed by atoms with Crippen LogP contribution < -0.4 is 11.1 Å². The summed E-state index contributed by atoms with van der Waals surface area (Å²) in [5.41, 5.74) is 5.33. The topological polar surface area (TPSA) is 72.2 Å². The molecule has 0 aromatic carbocycles. The van der Waals surface area contributed by atoms with Crippen molar-refractivity contribution in [2.75, 3.05) is 0 Å². The van der Waals surface area contributed by atoms with Gasteiger partial charge in [0.1, 0.15) is 0 Å². The van der Waals surface area contributed by atoms with Gasteiger partial charge in [0.25, 0.3) is 0 Å². The van der Waals surface area contributed by atoms with Gasteiger partial charge in [-0.3, -0.25) is 9.59 Å². The number of rotatable bonds is 4. The molecular formula is C20H34N2O2. The maximum atomic E-state index is 13.3. The van der Waals surface area contributed by atoms with E-state index in [1.165, 1.54) is 51.4 Å². The number of amides is 2. The highest BCUT2D eigenvalue weighted by molar-refractivity contribution is 5.83. The molecule has 3 aliphatic rings. The zero-order chi connectivity index (χ0) is 17.0. The zero-order valence-electron chi connectivity index (χ0n) is 15.0. The lowest BCUT2D eigenvalue weighted by atomic mass is 9.61. The molecule has 0 aromatic heterocycles. The molecular weight excluding hydrogens is 300 g/mol. The highest BCUT2D eigenvalue weighted by Crippen LogP contribution is 2.48. The summed E-state index contributed by atoms with van der Waals surface area (Å²) in [6.07, 6.45) is 15.7. The summed E-state index contributed by atoms with van der Waals surface area (Å²) in [5, 5.41) is 3.40. The fourth-order valence-electron chi connectivity index (χ4n) is 5.51. The molecule has 0 unspecified atom stereocenters. The minimum Gasteiger partial charge on any atom is -0.369 e. The van der Waals surface area contributed by atoms with Crippen LogP contribution in [0.1, 0.15) is 89.9 Å². The second-order valence-corrected chi connectivity index (χ2v) is 8.48. The number of hydrogen-bond donors (Lipinski definition) is 2. The van der Waals surface area contributed by atoms with E-state index in [0.29, 0.717) is 11.8 Å². The van der Waals surface area contributed by atoms with E-state index in [1.54, 1.807) is 0 Å². The van der Waals surface area contributed by atoms with Crippen LogP contribution in [0.15, 0.2) is 0 Å². The van der Waals surface area contributed by atoms with Gasteiger partial charge in [-0.25, -0.2) is 0 Å². The Bertz CT molecular complexity index is 443. The van der Waals surface area contributed by atoms with Gasteiger partial charge in [0.15, 0.2) is 0 Å². The molecule has 3 saturated carbocycles. The first-order valence-corrected chi connectivity index (χ1v) is 10.2. The molecule has 4 heteroatoms. The van der Waals surface area contributed by atoms with Crippen LogP contribution in [0.2, 0.25) is 0 Å². The number of carbonyl (C=O) groups is 2. The van der Waals surface area contributed by atoms with E-state index in [2.05, 4.69) is 5.32 Å². The Morgan fingerprint density at radius 2 is 1.38 bits per heavy atom. The van der Waals surface area contributed by atoms with Crippen molar-refractivity contribution in [3.05, 3.63) is 0 Å². The molecule has 3 N–H and O–H groups in total. The van der Waals surface area contributed by atoms with Crippen LogP contribution in [0.5, 0.6) is 0 Å². The quantitative estimate of drug-likeness (QED) is 0.823. The highest BCUT2D eigenvalue weighted by atomic mass is 16.2. The molecule has 0 aliphatic heterocycles. The summed E-state index contributed by atoms with van der Waals surface area (Å²) in [6.45, 7) is 0. The van der Waals surface area contributed by atoms with Gasteiger partial charge in [0.2, 0.25) is 11.8 Å². The van der Waals surface area contributed by atoms with Crippen LogP contribution in [0, 0.1) is 17.3 Å². The molecule has 0 aromatic rings. The van der Waals surface area contributed by atoms with Crippen molar-refractivity contribution in [1.82, 2.24) is 5.32 Å². The normalized spacial score (nSPS) is 31.3. The first kappa shape index (κ1) is 17.8. The molecule has 0 spiro atoms. The lowest BCUT2D eigenvalue weighted by Crippen LogP contribution is -2.51. The van der Waals surface area contributed by atoms with Crippen molar-refractivity contribution in [1.29, 1.82) is 0 Å². The smallest absolute Gasteiger partial charge is 0.226 e. The number of nitrogens with one attached hydrogen (secondary N) is 1. The van der Waals surface area contributed by atoms with E-state index >= 15 is 0 Å². The highest BCUT2D eigenvalue weighted by Gasteiger charge is 2.46.